The molecule has 0 heterocycles. The van der Waals surface area contributed by atoms with Gasteiger partial charge < -0.3 is 11.1 Å². The molecular weight excluding hydrogens is 270 g/mol. The second-order valence-electron chi connectivity index (χ2n) is 4.86. The fraction of sp³-hybridized carbons (Fsp3) is 0.462. The normalized spacial score (nSPS) is 14.4. The molecule has 0 saturated heterocycles. The van der Waals surface area contributed by atoms with E-state index in [2.05, 4.69) is 5.32 Å². The average molecular weight is 288 g/mol. The predicted octanol–water partition coefficient (Wildman–Crippen LogP) is 2.30. The fourth-order valence-electron chi connectivity index (χ4n) is 1.62. The van der Waals surface area contributed by atoms with E-state index in [9.17, 15) is 13.6 Å². The van der Waals surface area contributed by atoms with Crippen molar-refractivity contribution in [2.75, 3.05) is 5.75 Å². The van der Waals surface area contributed by atoms with Crippen molar-refractivity contribution in [1.82, 2.24) is 5.32 Å². The fourth-order valence-corrected chi connectivity index (χ4v) is 2.65. The van der Waals surface area contributed by atoms with Gasteiger partial charge in [-0.15, -0.1) is 11.8 Å². The topological polar surface area (TPSA) is 55.1 Å². The molecule has 0 aromatic heterocycles. The maximum atomic E-state index is 13.1. The largest absolute Gasteiger partial charge is 0.368 e. The lowest BCUT2D eigenvalue weighted by molar-refractivity contribution is -0.123. The Morgan fingerprint density at radius 1 is 1.42 bits per heavy atom. The summed E-state index contributed by atoms with van der Waals surface area (Å²) >= 11 is 1.25. The summed E-state index contributed by atoms with van der Waals surface area (Å²) in [5.74, 6) is -1.92. The first-order valence-electron chi connectivity index (χ1n) is 5.90. The zero-order valence-corrected chi connectivity index (χ0v) is 12.0. The zero-order valence-electron chi connectivity index (χ0n) is 11.2. The van der Waals surface area contributed by atoms with Gasteiger partial charge in [-0.2, -0.15) is 0 Å². The molecule has 0 saturated carbocycles. The lowest BCUT2D eigenvalue weighted by Crippen LogP contribution is -2.57. The van der Waals surface area contributed by atoms with E-state index in [1.165, 1.54) is 17.8 Å². The molecular formula is C13H18F2N2OS. The molecule has 1 unspecified atom stereocenters. The van der Waals surface area contributed by atoms with Crippen molar-refractivity contribution >= 4 is 17.7 Å². The SMILES string of the molecule is CC(C)NC(C)(CSc1ccc(F)c(F)c1)C(N)=O. The summed E-state index contributed by atoms with van der Waals surface area (Å²) in [5, 5.41) is 3.09. The van der Waals surface area contributed by atoms with Crippen LogP contribution in [-0.4, -0.2) is 23.2 Å². The van der Waals surface area contributed by atoms with E-state index in [-0.39, 0.29) is 6.04 Å². The van der Waals surface area contributed by atoms with Gasteiger partial charge in [-0.05, 0) is 39.0 Å². The van der Waals surface area contributed by atoms with Crippen molar-refractivity contribution < 1.29 is 13.6 Å². The predicted molar refractivity (Wildman–Crippen MR) is 73.0 cm³/mol. The standard InChI is InChI=1S/C13H18F2N2OS/c1-8(2)17-13(3,12(16)18)7-19-9-4-5-10(14)11(15)6-9/h4-6,8,17H,7H2,1-3H3,(H2,16,18). The van der Waals surface area contributed by atoms with Crippen molar-refractivity contribution in [1.29, 1.82) is 0 Å². The minimum Gasteiger partial charge on any atom is -0.368 e. The molecule has 0 bridgehead atoms. The van der Waals surface area contributed by atoms with Crippen LogP contribution in [0.3, 0.4) is 0 Å². The highest BCUT2D eigenvalue weighted by Crippen LogP contribution is 2.24. The molecule has 0 aliphatic heterocycles. The molecule has 1 aromatic rings. The van der Waals surface area contributed by atoms with Crippen LogP contribution in [0.4, 0.5) is 8.78 Å². The van der Waals surface area contributed by atoms with Crippen LogP contribution in [0.5, 0.6) is 0 Å². The van der Waals surface area contributed by atoms with Gasteiger partial charge in [-0.25, -0.2) is 8.78 Å². The van der Waals surface area contributed by atoms with E-state index in [0.29, 0.717) is 10.6 Å². The van der Waals surface area contributed by atoms with Gasteiger partial charge in [0, 0.05) is 16.7 Å². The Labute approximate surface area is 115 Å². The van der Waals surface area contributed by atoms with Gasteiger partial charge >= 0.3 is 0 Å². The molecule has 19 heavy (non-hydrogen) atoms. The number of carbonyl (C=O) groups excluding carboxylic acids is 1. The Bertz CT molecular complexity index is 468. The number of halogens is 2. The van der Waals surface area contributed by atoms with E-state index in [0.717, 1.165) is 12.1 Å². The third-order valence-corrected chi connectivity index (χ3v) is 3.88. The first-order chi connectivity index (χ1) is 8.74. The van der Waals surface area contributed by atoms with Gasteiger partial charge in [0.1, 0.15) is 5.54 Å². The monoisotopic (exact) mass is 288 g/mol. The molecule has 0 spiro atoms. The molecule has 3 N–H and O–H groups in total. The molecule has 1 atom stereocenters. The van der Waals surface area contributed by atoms with Crippen LogP contribution in [-0.2, 0) is 4.79 Å². The van der Waals surface area contributed by atoms with E-state index >= 15 is 0 Å². The summed E-state index contributed by atoms with van der Waals surface area (Å²) in [4.78, 5) is 12.1. The van der Waals surface area contributed by atoms with E-state index < -0.39 is 23.1 Å². The lowest BCUT2D eigenvalue weighted by atomic mass is 10.0. The highest BCUT2D eigenvalue weighted by Gasteiger charge is 2.31. The van der Waals surface area contributed by atoms with Crippen LogP contribution in [0.15, 0.2) is 23.1 Å². The van der Waals surface area contributed by atoms with Crippen LogP contribution in [0.1, 0.15) is 20.8 Å². The van der Waals surface area contributed by atoms with Crippen LogP contribution < -0.4 is 11.1 Å². The Kier molecular flexibility index (Phi) is 5.31. The van der Waals surface area contributed by atoms with Crippen LogP contribution in [0.2, 0.25) is 0 Å². The minimum absolute atomic E-state index is 0.0862. The number of nitrogens with one attached hydrogen (secondary N) is 1. The highest BCUT2D eigenvalue weighted by molar-refractivity contribution is 7.99. The maximum absolute atomic E-state index is 13.1. The number of primary amides is 1. The molecule has 0 aliphatic carbocycles. The molecule has 0 aliphatic rings. The molecule has 1 aromatic carbocycles. The molecule has 106 valence electrons. The van der Waals surface area contributed by atoms with Crippen LogP contribution >= 0.6 is 11.8 Å². The van der Waals surface area contributed by atoms with Crippen LogP contribution in [0.25, 0.3) is 0 Å². The summed E-state index contributed by atoms with van der Waals surface area (Å²) in [6.07, 6.45) is 0. The Hall–Kier alpha value is -1.14. The number of hydrogen-bond donors (Lipinski definition) is 2. The molecule has 6 heteroatoms. The second-order valence-corrected chi connectivity index (χ2v) is 5.91. The lowest BCUT2D eigenvalue weighted by Gasteiger charge is -2.29. The zero-order chi connectivity index (χ0) is 14.6. The summed E-state index contributed by atoms with van der Waals surface area (Å²) < 4.78 is 25.9. The van der Waals surface area contributed by atoms with Gasteiger partial charge in [-0.1, -0.05) is 0 Å². The third kappa shape index (κ3) is 4.47. The Morgan fingerprint density at radius 3 is 2.53 bits per heavy atom. The summed E-state index contributed by atoms with van der Waals surface area (Å²) in [5.41, 5.74) is 4.49. The molecule has 1 amide bonds. The van der Waals surface area contributed by atoms with Gasteiger partial charge in [0.2, 0.25) is 5.91 Å². The molecule has 0 fully saturated rings. The number of nitrogens with two attached hydrogens (primary N) is 1. The number of carbonyl (C=O) groups is 1. The quantitative estimate of drug-likeness (QED) is 0.790. The van der Waals surface area contributed by atoms with Gasteiger partial charge in [-0.3, -0.25) is 4.79 Å². The average Bonchev–Trinajstić information content (AvgIpc) is 2.29. The van der Waals surface area contributed by atoms with Crippen molar-refractivity contribution in [2.45, 2.75) is 37.2 Å². The van der Waals surface area contributed by atoms with Crippen molar-refractivity contribution in [3.8, 4) is 0 Å². The maximum Gasteiger partial charge on any atom is 0.238 e. The number of benzene rings is 1. The molecule has 1 rings (SSSR count). The number of amides is 1. The summed E-state index contributed by atoms with van der Waals surface area (Å²) in [7, 11) is 0. The van der Waals surface area contributed by atoms with Crippen LogP contribution in [0, 0.1) is 11.6 Å². The number of rotatable bonds is 6. The van der Waals surface area contributed by atoms with E-state index in [1.54, 1.807) is 6.92 Å². The van der Waals surface area contributed by atoms with E-state index in [4.69, 9.17) is 5.73 Å². The minimum atomic E-state index is -0.900. The Morgan fingerprint density at radius 2 is 2.05 bits per heavy atom. The molecule has 0 radical (unpaired) electrons. The van der Waals surface area contributed by atoms with Gasteiger partial charge in [0.15, 0.2) is 11.6 Å². The number of hydrogen-bond acceptors (Lipinski definition) is 3. The first-order valence-corrected chi connectivity index (χ1v) is 6.88. The summed E-state index contributed by atoms with van der Waals surface area (Å²) in [6.45, 7) is 5.51. The second kappa shape index (κ2) is 6.34. The molecule has 3 nitrogen and oxygen atoms in total. The van der Waals surface area contributed by atoms with E-state index in [1.807, 2.05) is 13.8 Å². The first kappa shape index (κ1) is 15.9. The van der Waals surface area contributed by atoms with Gasteiger partial charge in [0.05, 0.1) is 0 Å². The summed E-state index contributed by atoms with van der Waals surface area (Å²) in [6, 6.07) is 3.73. The smallest absolute Gasteiger partial charge is 0.238 e. The Balaban J connectivity index is 2.76. The third-order valence-electron chi connectivity index (χ3n) is 2.57. The number of thioether (sulfide) groups is 1. The van der Waals surface area contributed by atoms with Crippen molar-refractivity contribution in [3.63, 3.8) is 0 Å². The van der Waals surface area contributed by atoms with Crippen molar-refractivity contribution in [3.05, 3.63) is 29.8 Å². The van der Waals surface area contributed by atoms with Gasteiger partial charge in [0.25, 0.3) is 0 Å². The van der Waals surface area contributed by atoms with Crippen molar-refractivity contribution in [2.24, 2.45) is 5.73 Å². The highest BCUT2D eigenvalue weighted by atomic mass is 32.2.